The van der Waals surface area contributed by atoms with Crippen LogP contribution < -0.4 is 5.32 Å². The van der Waals surface area contributed by atoms with Gasteiger partial charge in [-0.2, -0.15) is 5.10 Å². The van der Waals surface area contributed by atoms with Crippen LogP contribution in [0, 0.1) is 0 Å². The molecule has 0 saturated carbocycles. The molecule has 8 heteroatoms. The first-order chi connectivity index (χ1) is 14.1. The number of carbonyl (C=O) groups excluding carboxylic acids is 2. The van der Waals surface area contributed by atoms with Crippen molar-refractivity contribution in [3.8, 4) is 5.69 Å². The highest BCUT2D eigenvalue weighted by atomic mass is 32.1. The van der Waals surface area contributed by atoms with E-state index in [2.05, 4.69) is 22.3 Å². The van der Waals surface area contributed by atoms with E-state index in [1.165, 1.54) is 11.3 Å². The summed E-state index contributed by atoms with van der Waals surface area (Å²) < 4.78 is 6.86. The number of benzene rings is 1. The first-order valence-corrected chi connectivity index (χ1v) is 10.5. The zero-order valence-corrected chi connectivity index (χ0v) is 17.6. The highest BCUT2D eigenvalue weighted by Crippen LogP contribution is 2.27. The van der Waals surface area contributed by atoms with Crippen LogP contribution in [0.15, 0.2) is 36.5 Å². The minimum absolute atomic E-state index is 0.148. The van der Waals surface area contributed by atoms with Crippen molar-refractivity contribution in [1.82, 2.24) is 14.8 Å². The fourth-order valence-electron chi connectivity index (χ4n) is 2.94. The standard InChI is InChI=1S/C21H24N4O3S/c1-4-10-16-15(13-22-25(16)14-11-8-7-9-12-14)19(26)24-20-18(21(27)28-6-3)23-17(5-2)29-20/h7-9,11-13H,4-6,10H2,1-3H3,(H,24,26). The zero-order chi connectivity index (χ0) is 20.8. The van der Waals surface area contributed by atoms with Gasteiger partial charge in [0, 0.05) is 0 Å². The molecule has 0 aliphatic heterocycles. The van der Waals surface area contributed by atoms with Gasteiger partial charge in [-0.1, -0.05) is 38.5 Å². The number of ether oxygens (including phenoxy) is 1. The van der Waals surface area contributed by atoms with E-state index in [1.54, 1.807) is 17.8 Å². The van der Waals surface area contributed by atoms with Crippen molar-refractivity contribution < 1.29 is 14.3 Å². The maximum Gasteiger partial charge on any atom is 0.360 e. The molecule has 0 aliphatic carbocycles. The SMILES string of the molecule is CCCc1c(C(=O)Nc2sc(CC)nc2C(=O)OCC)cnn1-c1ccccc1. The molecule has 0 spiro atoms. The van der Waals surface area contributed by atoms with Gasteiger partial charge in [-0.15, -0.1) is 11.3 Å². The minimum Gasteiger partial charge on any atom is -0.461 e. The van der Waals surface area contributed by atoms with Crippen molar-refractivity contribution in [1.29, 1.82) is 0 Å². The first-order valence-electron chi connectivity index (χ1n) is 9.69. The number of aromatic nitrogens is 3. The summed E-state index contributed by atoms with van der Waals surface area (Å²) >= 11 is 1.29. The largest absolute Gasteiger partial charge is 0.461 e. The number of amides is 1. The molecular weight excluding hydrogens is 388 g/mol. The van der Waals surface area contributed by atoms with Crippen LogP contribution in [0.2, 0.25) is 0 Å². The Balaban J connectivity index is 1.93. The Labute approximate surface area is 173 Å². The van der Waals surface area contributed by atoms with Gasteiger partial charge in [-0.3, -0.25) is 4.79 Å². The molecule has 0 atom stereocenters. The number of hydrogen-bond acceptors (Lipinski definition) is 6. The summed E-state index contributed by atoms with van der Waals surface area (Å²) in [7, 11) is 0. The molecule has 0 aliphatic rings. The van der Waals surface area contributed by atoms with Crippen LogP contribution in [-0.4, -0.2) is 33.2 Å². The van der Waals surface area contributed by atoms with Gasteiger partial charge in [0.25, 0.3) is 5.91 Å². The number of aryl methyl sites for hydroxylation is 1. The molecule has 0 fully saturated rings. The van der Waals surface area contributed by atoms with E-state index < -0.39 is 5.97 Å². The van der Waals surface area contributed by atoms with Crippen LogP contribution in [-0.2, 0) is 17.6 Å². The second kappa shape index (κ2) is 9.47. The van der Waals surface area contributed by atoms with Crippen molar-refractivity contribution in [2.24, 2.45) is 0 Å². The lowest BCUT2D eigenvalue weighted by Gasteiger charge is -2.09. The highest BCUT2D eigenvalue weighted by Gasteiger charge is 2.23. The number of para-hydroxylation sites is 1. The fraction of sp³-hybridized carbons (Fsp3) is 0.333. The Bertz CT molecular complexity index is 995. The van der Waals surface area contributed by atoms with Gasteiger partial charge in [-0.25, -0.2) is 14.5 Å². The molecule has 0 bridgehead atoms. The Morgan fingerprint density at radius 1 is 1.17 bits per heavy atom. The Hall–Kier alpha value is -3.00. The average molecular weight is 413 g/mol. The zero-order valence-electron chi connectivity index (χ0n) is 16.8. The van der Waals surface area contributed by atoms with Gasteiger partial charge in [0.2, 0.25) is 0 Å². The van der Waals surface area contributed by atoms with Gasteiger partial charge in [0.05, 0.1) is 34.8 Å². The quantitative estimate of drug-likeness (QED) is 0.558. The van der Waals surface area contributed by atoms with E-state index in [0.29, 0.717) is 23.4 Å². The van der Waals surface area contributed by atoms with Crippen molar-refractivity contribution in [3.05, 3.63) is 58.5 Å². The summed E-state index contributed by atoms with van der Waals surface area (Å²) in [6.07, 6.45) is 3.80. The number of esters is 1. The third kappa shape index (κ3) is 4.54. The van der Waals surface area contributed by atoms with Crippen LogP contribution in [0.25, 0.3) is 5.69 Å². The lowest BCUT2D eigenvalue weighted by Crippen LogP contribution is -2.16. The molecule has 1 aromatic carbocycles. The van der Waals surface area contributed by atoms with Gasteiger partial charge in [0.15, 0.2) is 5.69 Å². The predicted octanol–water partition coefficient (Wildman–Crippen LogP) is 4.27. The molecular formula is C21H24N4O3S. The smallest absolute Gasteiger partial charge is 0.360 e. The second-order valence-corrected chi connectivity index (χ2v) is 7.40. The minimum atomic E-state index is -0.535. The van der Waals surface area contributed by atoms with E-state index in [9.17, 15) is 9.59 Å². The average Bonchev–Trinajstić information content (AvgIpc) is 3.33. The summed E-state index contributed by atoms with van der Waals surface area (Å²) in [4.78, 5) is 29.6. The number of hydrogen-bond donors (Lipinski definition) is 1. The Morgan fingerprint density at radius 3 is 2.59 bits per heavy atom. The van der Waals surface area contributed by atoms with Crippen molar-refractivity contribution in [2.45, 2.75) is 40.0 Å². The number of nitrogens with one attached hydrogen (secondary N) is 1. The van der Waals surface area contributed by atoms with Gasteiger partial charge in [0.1, 0.15) is 5.00 Å². The van der Waals surface area contributed by atoms with Gasteiger partial charge < -0.3 is 10.1 Å². The molecule has 3 aromatic rings. The van der Waals surface area contributed by atoms with Crippen LogP contribution in [0.3, 0.4) is 0 Å². The second-order valence-electron chi connectivity index (χ2n) is 6.32. The summed E-state index contributed by atoms with van der Waals surface area (Å²) in [6.45, 7) is 5.98. The molecule has 3 rings (SSSR count). The predicted molar refractivity (Wildman–Crippen MR) is 113 cm³/mol. The Kier molecular flexibility index (Phi) is 6.77. The van der Waals surface area contributed by atoms with Crippen molar-refractivity contribution >= 4 is 28.2 Å². The number of thiazole rings is 1. The maximum absolute atomic E-state index is 13.0. The molecule has 152 valence electrons. The molecule has 0 unspecified atom stereocenters. The normalized spacial score (nSPS) is 10.7. The third-order valence-corrected chi connectivity index (χ3v) is 5.39. The van der Waals surface area contributed by atoms with E-state index in [4.69, 9.17) is 4.74 Å². The number of rotatable bonds is 8. The molecule has 29 heavy (non-hydrogen) atoms. The molecule has 1 N–H and O–H groups in total. The van der Waals surface area contributed by atoms with Gasteiger partial charge >= 0.3 is 5.97 Å². The molecule has 7 nitrogen and oxygen atoms in total. The Morgan fingerprint density at radius 2 is 1.93 bits per heavy atom. The summed E-state index contributed by atoms with van der Waals surface area (Å²) in [5, 5.41) is 8.44. The molecule has 1 amide bonds. The monoisotopic (exact) mass is 412 g/mol. The summed E-state index contributed by atoms with van der Waals surface area (Å²) in [6, 6.07) is 9.70. The van der Waals surface area contributed by atoms with Gasteiger partial charge in [-0.05, 0) is 31.9 Å². The number of nitrogens with zero attached hydrogens (tertiary/aromatic N) is 3. The summed E-state index contributed by atoms with van der Waals surface area (Å²) in [5.74, 6) is -0.847. The van der Waals surface area contributed by atoms with E-state index in [-0.39, 0.29) is 18.2 Å². The van der Waals surface area contributed by atoms with Crippen LogP contribution in [0.1, 0.15) is 58.7 Å². The number of carbonyl (C=O) groups is 2. The molecule has 2 heterocycles. The third-order valence-electron chi connectivity index (χ3n) is 4.27. The van der Waals surface area contributed by atoms with Crippen molar-refractivity contribution in [2.75, 3.05) is 11.9 Å². The lowest BCUT2D eigenvalue weighted by molar-refractivity contribution is 0.0521. The van der Waals surface area contributed by atoms with Crippen LogP contribution in [0.4, 0.5) is 5.00 Å². The maximum atomic E-state index is 13.0. The highest BCUT2D eigenvalue weighted by molar-refractivity contribution is 7.16. The van der Waals surface area contributed by atoms with E-state index in [0.717, 1.165) is 22.8 Å². The van der Waals surface area contributed by atoms with E-state index in [1.807, 2.05) is 37.3 Å². The van der Waals surface area contributed by atoms with Crippen LogP contribution >= 0.6 is 11.3 Å². The summed E-state index contributed by atoms with van der Waals surface area (Å²) in [5.41, 5.74) is 2.36. The topological polar surface area (TPSA) is 86.1 Å². The lowest BCUT2D eigenvalue weighted by atomic mass is 10.1. The van der Waals surface area contributed by atoms with Crippen LogP contribution in [0.5, 0.6) is 0 Å². The molecule has 0 radical (unpaired) electrons. The number of anilines is 1. The van der Waals surface area contributed by atoms with Crippen molar-refractivity contribution in [3.63, 3.8) is 0 Å². The molecule has 2 aromatic heterocycles. The fourth-order valence-corrected chi connectivity index (χ4v) is 3.83. The van der Waals surface area contributed by atoms with E-state index >= 15 is 0 Å². The first kappa shape index (κ1) is 20.7. The molecule has 0 saturated heterocycles.